The fourth-order valence-corrected chi connectivity index (χ4v) is 1.73. The van der Waals surface area contributed by atoms with Crippen molar-refractivity contribution in [1.29, 1.82) is 0 Å². The lowest BCUT2D eigenvalue weighted by atomic mass is 10.0. The third-order valence-electron chi connectivity index (χ3n) is 2.24. The molecule has 2 heterocycles. The van der Waals surface area contributed by atoms with E-state index in [4.69, 9.17) is 4.74 Å². The maximum absolute atomic E-state index is 11.8. The van der Waals surface area contributed by atoms with Crippen LogP contribution in [0.3, 0.4) is 0 Å². The average molecular weight is 206 g/mol. The topological polar surface area (TPSA) is 42.4 Å². The molecule has 0 unspecified atom stereocenters. The Kier molecular flexibility index (Phi) is 2.14. The summed E-state index contributed by atoms with van der Waals surface area (Å²) in [5, 5.41) is 0. The number of ether oxygens (including phenoxy) is 1. The molecule has 0 spiro atoms. The largest absolute Gasteiger partial charge is 0.466 e. The van der Waals surface area contributed by atoms with Crippen LogP contribution in [-0.2, 0) is 4.79 Å². The standard InChI is InChI=1S/C11H14N2O2/c1-11(2,3)13-8-5-4-6-12-10(8)15-7-9(13)14/h4-6H,7H2,1-3H3. The first-order valence-corrected chi connectivity index (χ1v) is 4.91. The molecule has 1 aliphatic heterocycles. The smallest absolute Gasteiger partial charge is 0.265 e. The third-order valence-corrected chi connectivity index (χ3v) is 2.24. The summed E-state index contributed by atoms with van der Waals surface area (Å²) in [5.41, 5.74) is 0.500. The molecule has 1 aromatic heterocycles. The van der Waals surface area contributed by atoms with Crippen LogP contribution >= 0.6 is 0 Å². The molecule has 0 atom stereocenters. The molecule has 4 heteroatoms. The Labute approximate surface area is 88.9 Å². The normalized spacial score (nSPS) is 15.9. The van der Waals surface area contributed by atoms with Crippen molar-refractivity contribution < 1.29 is 9.53 Å². The van der Waals surface area contributed by atoms with Gasteiger partial charge in [0.05, 0.1) is 0 Å². The fraction of sp³-hybridized carbons (Fsp3) is 0.455. The Morgan fingerprint density at radius 1 is 1.47 bits per heavy atom. The van der Waals surface area contributed by atoms with Crippen molar-refractivity contribution in [1.82, 2.24) is 4.98 Å². The number of carbonyl (C=O) groups excluding carboxylic acids is 1. The second kappa shape index (κ2) is 3.22. The van der Waals surface area contributed by atoms with E-state index < -0.39 is 0 Å². The van der Waals surface area contributed by atoms with Gasteiger partial charge in [-0.3, -0.25) is 9.69 Å². The number of pyridine rings is 1. The molecule has 1 aromatic rings. The zero-order valence-corrected chi connectivity index (χ0v) is 9.15. The van der Waals surface area contributed by atoms with E-state index in [1.165, 1.54) is 0 Å². The van der Waals surface area contributed by atoms with E-state index in [0.717, 1.165) is 5.69 Å². The van der Waals surface area contributed by atoms with Gasteiger partial charge in [0.2, 0.25) is 5.88 Å². The summed E-state index contributed by atoms with van der Waals surface area (Å²) in [4.78, 5) is 17.6. The van der Waals surface area contributed by atoms with E-state index in [0.29, 0.717) is 5.88 Å². The lowest BCUT2D eigenvalue weighted by molar-refractivity contribution is -0.122. The van der Waals surface area contributed by atoms with E-state index >= 15 is 0 Å². The summed E-state index contributed by atoms with van der Waals surface area (Å²) in [5.74, 6) is 0.509. The number of carbonyl (C=O) groups is 1. The van der Waals surface area contributed by atoms with Crippen molar-refractivity contribution in [3.8, 4) is 5.88 Å². The molecule has 1 aliphatic rings. The molecule has 0 saturated carbocycles. The van der Waals surface area contributed by atoms with Crippen LogP contribution in [0.25, 0.3) is 0 Å². The number of aromatic nitrogens is 1. The van der Waals surface area contributed by atoms with E-state index in [-0.39, 0.29) is 18.1 Å². The first-order chi connectivity index (χ1) is 7.00. The molecule has 4 nitrogen and oxygen atoms in total. The number of rotatable bonds is 0. The summed E-state index contributed by atoms with van der Waals surface area (Å²) < 4.78 is 5.26. The van der Waals surface area contributed by atoms with Crippen LogP contribution in [-0.4, -0.2) is 23.0 Å². The lowest BCUT2D eigenvalue weighted by Crippen LogP contribution is -2.50. The van der Waals surface area contributed by atoms with Gasteiger partial charge in [-0.25, -0.2) is 4.98 Å². The minimum absolute atomic E-state index is 0.0250. The second-order valence-electron chi connectivity index (χ2n) is 4.52. The van der Waals surface area contributed by atoms with Gasteiger partial charge in [0, 0.05) is 11.7 Å². The van der Waals surface area contributed by atoms with Gasteiger partial charge in [-0.15, -0.1) is 0 Å². The second-order valence-corrected chi connectivity index (χ2v) is 4.52. The van der Waals surface area contributed by atoms with Crippen LogP contribution in [0.2, 0.25) is 0 Å². The van der Waals surface area contributed by atoms with Gasteiger partial charge in [0.25, 0.3) is 5.91 Å². The molecule has 0 saturated heterocycles. The quantitative estimate of drug-likeness (QED) is 0.647. The van der Waals surface area contributed by atoms with Crippen LogP contribution in [0.4, 0.5) is 5.69 Å². The van der Waals surface area contributed by atoms with Crippen LogP contribution in [0.15, 0.2) is 18.3 Å². The van der Waals surface area contributed by atoms with Crippen LogP contribution < -0.4 is 9.64 Å². The van der Waals surface area contributed by atoms with Gasteiger partial charge in [0.1, 0.15) is 5.69 Å². The predicted octanol–water partition coefficient (Wildman–Crippen LogP) is 1.61. The molecular formula is C11H14N2O2. The summed E-state index contributed by atoms with van der Waals surface area (Å²) in [6.45, 7) is 6.05. The Bertz CT molecular complexity index is 396. The van der Waals surface area contributed by atoms with Crippen molar-refractivity contribution in [2.45, 2.75) is 26.3 Å². The van der Waals surface area contributed by atoms with Gasteiger partial charge in [-0.2, -0.15) is 0 Å². The van der Waals surface area contributed by atoms with E-state index in [1.807, 2.05) is 26.8 Å². The summed E-state index contributed by atoms with van der Waals surface area (Å²) >= 11 is 0. The predicted molar refractivity (Wildman–Crippen MR) is 57.0 cm³/mol. The first-order valence-electron chi connectivity index (χ1n) is 4.91. The van der Waals surface area contributed by atoms with Crippen LogP contribution in [0, 0.1) is 0 Å². The molecule has 80 valence electrons. The van der Waals surface area contributed by atoms with E-state index in [1.54, 1.807) is 17.2 Å². The lowest BCUT2D eigenvalue weighted by Gasteiger charge is -2.38. The van der Waals surface area contributed by atoms with Gasteiger partial charge in [0.15, 0.2) is 6.61 Å². The molecule has 0 aromatic carbocycles. The Morgan fingerprint density at radius 2 is 2.20 bits per heavy atom. The van der Waals surface area contributed by atoms with Crippen LogP contribution in [0.5, 0.6) is 5.88 Å². The van der Waals surface area contributed by atoms with Crippen molar-refractivity contribution in [3.05, 3.63) is 18.3 Å². The van der Waals surface area contributed by atoms with Gasteiger partial charge in [-0.1, -0.05) is 0 Å². The minimum atomic E-state index is -0.251. The highest BCUT2D eigenvalue weighted by Crippen LogP contribution is 2.33. The molecule has 0 N–H and O–H groups in total. The highest BCUT2D eigenvalue weighted by Gasteiger charge is 2.34. The monoisotopic (exact) mass is 206 g/mol. The summed E-state index contributed by atoms with van der Waals surface area (Å²) in [6, 6.07) is 3.66. The minimum Gasteiger partial charge on any atom is -0.466 e. The molecule has 0 radical (unpaired) electrons. The SMILES string of the molecule is CC(C)(C)N1C(=O)COc2ncccc21. The van der Waals surface area contributed by atoms with Crippen molar-refractivity contribution in [3.63, 3.8) is 0 Å². The molecule has 0 aliphatic carbocycles. The first kappa shape index (κ1) is 9.96. The molecule has 1 amide bonds. The van der Waals surface area contributed by atoms with Crippen molar-refractivity contribution in [2.75, 3.05) is 11.5 Å². The Balaban J connectivity index is 2.51. The van der Waals surface area contributed by atoms with E-state index in [9.17, 15) is 4.79 Å². The number of amides is 1. The summed E-state index contributed by atoms with van der Waals surface area (Å²) in [7, 11) is 0. The number of fused-ring (bicyclic) bond motifs is 1. The number of nitrogens with zero attached hydrogens (tertiary/aromatic N) is 2. The molecule has 15 heavy (non-hydrogen) atoms. The van der Waals surface area contributed by atoms with Crippen molar-refractivity contribution >= 4 is 11.6 Å². The number of hydrogen-bond donors (Lipinski definition) is 0. The molecular weight excluding hydrogens is 192 g/mol. The van der Waals surface area contributed by atoms with Gasteiger partial charge >= 0.3 is 0 Å². The Morgan fingerprint density at radius 3 is 2.87 bits per heavy atom. The van der Waals surface area contributed by atoms with Gasteiger partial charge in [-0.05, 0) is 32.9 Å². The zero-order valence-electron chi connectivity index (χ0n) is 9.15. The fourth-order valence-electron chi connectivity index (χ4n) is 1.73. The average Bonchev–Trinajstić information content (AvgIpc) is 2.15. The zero-order chi connectivity index (χ0) is 11.1. The molecule has 0 bridgehead atoms. The molecule has 0 fully saturated rings. The highest BCUT2D eigenvalue weighted by molar-refractivity contribution is 5.98. The third kappa shape index (κ3) is 1.67. The van der Waals surface area contributed by atoms with Crippen LogP contribution in [0.1, 0.15) is 20.8 Å². The van der Waals surface area contributed by atoms with E-state index in [2.05, 4.69) is 4.98 Å². The highest BCUT2D eigenvalue weighted by atomic mass is 16.5. The van der Waals surface area contributed by atoms with Gasteiger partial charge < -0.3 is 4.74 Å². The number of anilines is 1. The Hall–Kier alpha value is -1.58. The summed E-state index contributed by atoms with van der Waals surface area (Å²) in [6.07, 6.45) is 1.66. The maximum atomic E-state index is 11.8. The number of hydrogen-bond acceptors (Lipinski definition) is 3. The maximum Gasteiger partial charge on any atom is 0.265 e. The molecule has 2 rings (SSSR count). The van der Waals surface area contributed by atoms with Crippen molar-refractivity contribution in [2.24, 2.45) is 0 Å².